The van der Waals surface area contributed by atoms with Crippen molar-refractivity contribution in [3.8, 4) is 0 Å². The number of carbonyl (C=O) groups is 1. The Labute approximate surface area is 152 Å². The van der Waals surface area contributed by atoms with E-state index >= 15 is 0 Å². The number of fused-ring (bicyclic) bond motifs is 1. The van der Waals surface area contributed by atoms with Crippen LogP contribution in [0.5, 0.6) is 0 Å². The number of hydrogen-bond acceptors (Lipinski definition) is 5. The Balaban J connectivity index is 2.19. The van der Waals surface area contributed by atoms with Gasteiger partial charge in [0, 0.05) is 17.8 Å². The first kappa shape index (κ1) is 18.1. The highest BCUT2D eigenvalue weighted by Gasteiger charge is 2.33. The molecule has 1 aromatic carbocycles. The van der Waals surface area contributed by atoms with E-state index in [4.69, 9.17) is 4.74 Å². The van der Waals surface area contributed by atoms with Crippen molar-refractivity contribution >= 4 is 27.8 Å². The van der Waals surface area contributed by atoms with Crippen LogP contribution in [-0.2, 0) is 19.6 Å². The fourth-order valence-corrected chi connectivity index (χ4v) is 3.98. The summed E-state index contributed by atoms with van der Waals surface area (Å²) in [7, 11) is -3.84. The maximum Gasteiger partial charge on any atom is 0.340 e. The summed E-state index contributed by atoms with van der Waals surface area (Å²) in [5.74, 6) is -0.630. The van der Waals surface area contributed by atoms with Gasteiger partial charge in [-0.15, -0.1) is 0 Å². The van der Waals surface area contributed by atoms with Crippen LogP contribution < -0.4 is 0 Å². The fraction of sp³-hybridized carbons (Fsp3) is 0.278. The van der Waals surface area contributed by atoms with Crippen LogP contribution >= 0.6 is 0 Å². The number of hydrogen-bond donors (Lipinski definition) is 0. The van der Waals surface area contributed by atoms with E-state index in [9.17, 15) is 13.2 Å². The van der Waals surface area contributed by atoms with Gasteiger partial charge in [-0.25, -0.2) is 4.79 Å². The summed E-state index contributed by atoms with van der Waals surface area (Å²) in [6, 6.07) is 8.25. The van der Waals surface area contributed by atoms with E-state index in [0.717, 1.165) is 0 Å². The molecule has 3 rings (SSSR count). The summed E-state index contributed by atoms with van der Waals surface area (Å²) >= 11 is 0. The predicted octanol–water partition coefficient (Wildman–Crippen LogP) is 2.60. The van der Waals surface area contributed by atoms with Crippen molar-refractivity contribution in [2.45, 2.75) is 31.7 Å². The molecule has 1 aromatic heterocycles. The Bertz CT molecular complexity index is 1020. The van der Waals surface area contributed by atoms with E-state index < -0.39 is 16.0 Å². The summed E-state index contributed by atoms with van der Waals surface area (Å²) in [5.41, 5.74) is 1.23. The maximum atomic E-state index is 12.6. The number of benzene rings is 1. The van der Waals surface area contributed by atoms with Gasteiger partial charge in [0.1, 0.15) is 0 Å². The normalized spacial score (nSPS) is 15.7. The topological polar surface area (TPSA) is 90.6 Å². The summed E-state index contributed by atoms with van der Waals surface area (Å²) in [4.78, 5) is 12.6. The second-order valence-electron chi connectivity index (χ2n) is 5.98. The molecule has 0 saturated heterocycles. The molecule has 2 aromatic rings. The highest BCUT2D eigenvalue weighted by atomic mass is 32.2. The zero-order valence-electron chi connectivity index (χ0n) is 14.7. The molecule has 0 amide bonds. The van der Waals surface area contributed by atoms with Gasteiger partial charge in [0.25, 0.3) is 10.0 Å². The van der Waals surface area contributed by atoms with Crippen LogP contribution in [-0.4, -0.2) is 36.5 Å². The molecule has 0 fully saturated rings. The van der Waals surface area contributed by atoms with E-state index in [0.29, 0.717) is 11.3 Å². The zero-order chi connectivity index (χ0) is 18.9. The Morgan fingerprint density at radius 3 is 2.69 bits per heavy atom. The molecular weight excluding hydrogens is 354 g/mol. The average Bonchev–Trinajstić information content (AvgIpc) is 3.16. The smallest absolute Gasteiger partial charge is 0.340 e. The van der Waals surface area contributed by atoms with Crippen molar-refractivity contribution in [3.05, 3.63) is 53.4 Å². The van der Waals surface area contributed by atoms with E-state index in [-0.39, 0.29) is 28.8 Å². The molecule has 0 radical (unpaired) electrons. The van der Waals surface area contributed by atoms with Gasteiger partial charge in [-0.3, -0.25) is 4.68 Å². The highest BCUT2D eigenvalue weighted by molar-refractivity contribution is 7.90. The van der Waals surface area contributed by atoms with Crippen molar-refractivity contribution in [1.82, 2.24) is 9.78 Å². The number of aromatic nitrogens is 2. The van der Waals surface area contributed by atoms with Crippen LogP contribution in [0, 0.1) is 0 Å². The summed E-state index contributed by atoms with van der Waals surface area (Å²) in [5, 5.41) is 4.24. The number of sulfonamides is 1. The minimum Gasteiger partial charge on any atom is -0.462 e. The third kappa shape index (κ3) is 3.20. The molecule has 8 heteroatoms. The number of esters is 1. The quantitative estimate of drug-likeness (QED) is 0.593. The van der Waals surface area contributed by atoms with Crippen LogP contribution in [0.3, 0.4) is 0 Å². The summed E-state index contributed by atoms with van der Waals surface area (Å²) < 4.78 is 35.4. The first-order chi connectivity index (χ1) is 12.3. The molecule has 7 nitrogen and oxygen atoms in total. The van der Waals surface area contributed by atoms with Gasteiger partial charge >= 0.3 is 5.97 Å². The van der Waals surface area contributed by atoms with Crippen LogP contribution in [0.1, 0.15) is 38.1 Å². The lowest BCUT2D eigenvalue weighted by atomic mass is 10.0. The third-order valence-corrected chi connectivity index (χ3v) is 5.20. The summed E-state index contributed by atoms with van der Waals surface area (Å²) in [6.45, 7) is 5.78. The Hall–Kier alpha value is -2.74. The highest BCUT2D eigenvalue weighted by Crippen LogP contribution is 2.30. The molecule has 0 N–H and O–H groups in total. The third-order valence-electron chi connectivity index (χ3n) is 3.86. The minimum absolute atomic E-state index is 0.0706. The Kier molecular flexibility index (Phi) is 4.78. The van der Waals surface area contributed by atoms with Gasteiger partial charge in [0.05, 0.1) is 28.5 Å². The lowest BCUT2D eigenvalue weighted by Crippen LogP contribution is -2.17. The minimum atomic E-state index is -3.84. The molecule has 1 aliphatic rings. The maximum absolute atomic E-state index is 12.6. The Morgan fingerprint density at radius 1 is 1.27 bits per heavy atom. The van der Waals surface area contributed by atoms with Crippen LogP contribution in [0.15, 0.2) is 51.4 Å². The van der Waals surface area contributed by atoms with Crippen molar-refractivity contribution in [3.63, 3.8) is 0 Å². The largest absolute Gasteiger partial charge is 0.462 e. The summed E-state index contributed by atoms with van der Waals surface area (Å²) in [6.07, 6.45) is 3.19. The lowest BCUT2D eigenvalue weighted by molar-refractivity contribution is -0.137. The molecule has 0 saturated carbocycles. The molecule has 0 atom stereocenters. The van der Waals surface area contributed by atoms with Gasteiger partial charge < -0.3 is 4.74 Å². The number of carbonyl (C=O) groups excluding carboxylic acids is 1. The van der Waals surface area contributed by atoms with E-state index in [1.807, 2.05) is 13.8 Å². The second kappa shape index (κ2) is 6.87. The van der Waals surface area contributed by atoms with E-state index in [1.165, 1.54) is 6.07 Å². The van der Waals surface area contributed by atoms with E-state index in [2.05, 4.69) is 9.50 Å². The van der Waals surface area contributed by atoms with Crippen LogP contribution in [0.25, 0.3) is 6.08 Å². The molecule has 0 bridgehead atoms. The molecule has 136 valence electrons. The van der Waals surface area contributed by atoms with Gasteiger partial charge in [-0.2, -0.15) is 17.9 Å². The van der Waals surface area contributed by atoms with Crippen LogP contribution in [0.4, 0.5) is 0 Å². The van der Waals surface area contributed by atoms with Crippen molar-refractivity contribution < 1.29 is 17.9 Å². The monoisotopic (exact) mass is 373 g/mol. The lowest BCUT2D eigenvalue weighted by Gasteiger charge is -2.11. The molecule has 0 unspecified atom stereocenters. The molecular formula is C18H19N3O4S. The first-order valence-electron chi connectivity index (χ1n) is 8.22. The van der Waals surface area contributed by atoms with Gasteiger partial charge in [-0.1, -0.05) is 18.2 Å². The molecule has 0 spiro atoms. The van der Waals surface area contributed by atoms with Crippen molar-refractivity contribution in [2.75, 3.05) is 6.61 Å². The number of rotatable bonds is 5. The predicted molar refractivity (Wildman–Crippen MR) is 97.4 cm³/mol. The van der Waals surface area contributed by atoms with Crippen LogP contribution in [0.2, 0.25) is 0 Å². The fourth-order valence-electron chi connectivity index (χ4n) is 2.75. The SMILES string of the molecule is CCOC(=O)/C(=C\c1ccnn1C(C)C)C1=NS(=O)(=O)c2ccccc21. The molecule has 0 aliphatic carbocycles. The number of nitrogens with zero attached hydrogens (tertiary/aromatic N) is 3. The van der Waals surface area contributed by atoms with Crippen molar-refractivity contribution in [1.29, 1.82) is 0 Å². The standard InChI is InChI=1S/C18H19N3O4S/c1-4-25-18(22)15(11-13-9-10-19-21(13)12(2)3)17-14-7-5-6-8-16(14)26(23,24)20-17/h5-12H,4H2,1-3H3/b15-11-. The van der Waals surface area contributed by atoms with Gasteiger partial charge in [-0.05, 0) is 39.0 Å². The number of ether oxygens (including phenoxy) is 1. The van der Waals surface area contributed by atoms with Gasteiger partial charge in [0.15, 0.2) is 0 Å². The Morgan fingerprint density at radius 2 is 2.00 bits per heavy atom. The average molecular weight is 373 g/mol. The van der Waals surface area contributed by atoms with Crippen molar-refractivity contribution in [2.24, 2.45) is 4.40 Å². The first-order valence-corrected chi connectivity index (χ1v) is 9.66. The molecule has 2 heterocycles. The molecule has 26 heavy (non-hydrogen) atoms. The zero-order valence-corrected chi connectivity index (χ0v) is 15.5. The van der Waals surface area contributed by atoms with E-state index in [1.54, 1.807) is 48.1 Å². The van der Waals surface area contributed by atoms with Gasteiger partial charge in [0.2, 0.25) is 0 Å². The molecule has 1 aliphatic heterocycles. The second-order valence-corrected chi connectivity index (χ2v) is 7.56.